The summed E-state index contributed by atoms with van der Waals surface area (Å²) >= 11 is -4.18. The number of nitrogens with one attached hydrogen (secondary N) is 1. The van der Waals surface area contributed by atoms with Gasteiger partial charge >= 0.3 is 25.5 Å². The molecular weight excluding hydrogens is 391 g/mol. The second-order valence-electron chi connectivity index (χ2n) is 4.10. The van der Waals surface area contributed by atoms with Crippen LogP contribution < -0.4 is 11.2 Å². The van der Waals surface area contributed by atoms with Crippen molar-refractivity contribution in [2.24, 2.45) is 0 Å². The van der Waals surface area contributed by atoms with Crippen molar-refractivity contribution in [1.29, 1.82) is 0 Å². The van der Waals surface area contributed by atoms with E-state index in [4.69, 9.17) is 4.74 Å². The Bertz CT molecular complexity index is 671. The Morgan fingerprint density at radius 2 is 1.95 bits per heavy atom. The largest absolute Gasteiger partial charge is 0.387 e. The van der Waals surface area contributed by atoms with Crippen molar-refractivity contribution in [1.82, 2.24) is 9.55 Å². The number of halogens is 1. The lowest BCUT2D eigenvalue weighted by molar-refractivity contribution is -0.0597. The molecule has 1 aliphatic rings. The fourth-order valence-electron chi connectivity index (χ4n) is 1.87. The number of aliphatic hydroxyl groups is 3. The highest BCUT2D eigenvalue weighted by molar-refractivity contribution is 14.2. The summed E-state index contributed by atoms with van der Waals surface area (Å²) in [6.07, 6.45) is -5.26. The third kappa shape index (κ3) is 2.67. The Morgan fingerprint density at radius 1 is 1.30 bits per heavy atom. The van der Waals surface area contributed by atoms with E-state index in [1.807, 2.05) is 4.98 Å². The van der Waals surface area contributed by atoms with E-state index in [0.717, 1.165) is 16.8 Å². The molecular formula is C9H11IN2O8. The number of hydrogen-bond acceptors (Lipinski definition) is 8. The Morgan fingerprint density at radius 3 is 2.50 bits per heavy atom. The second-order valence-corrected chi connectivity index (χ2v) is 6.76. The Hall–Kier alpha value is -1.15. The molecule has 112 valence electrons. The number of rotatable bonds is 3. The SMILES string of the molecule is O=c1ccn([C@@H]2O[C@H](C(O)I(=O)=O)[C@@H](O)[C@H]2O)c(=O)[nH]1. The average molecular weight is 402 g/mol. The van der Waals surface area contributed by atoms with Crippen LogP contribution in [0, 0.1) is 0 Å². The van der Waals surface area contributed by atoms with E-state index >= 15 is 0 Å². The first-order chi connectivity index (χ1) is 9.32. The van der Waals surface area contributed by atoms with Gasteiger partial charge in [0.05, 0.1) is 0 Å². The van der Waals surface area contributed by atoms with E-state index in [-0.39, 0.29) is 0 Å². The van der Waals surface area contributed by atoms with Gasteiger partial charge in [0, 0.05) is 12.3 Å². The summed E-state index contributed by atoms with van der Waals surface area (Å²) in [5.41, 5.74) is -1.56. The van der Waals surface area contributed by atoms with Gasteiger partial charge in [-0.1, -0.05) is 0 Å². The minimum Gasteiger partial charge on any atom is -0.387 e. The van der Waals surface area contributed by atoms with Crippen LogP contribution in [0.5, 0.6) is 0 Å². The minimum absolute atomic E-state index is 0.664. The van der Waals surface area contributed by atoms with Gasteiger partial charge in [-0.25, -0.2) is 10.9 Å². The number of H-pyrrole nitrogens is 1. The van der Waals surface area contributed by atoms with Crippen molar-refractivity contribution < 1.29 is 26.2 Å². The average Bonchev–Trinajstić information content (AvgIpc) is 2.66. The first-order valence-corrected chi connectivity index (χ1v) is 8.38. The number of hydrogen-bond donors (Lipinski definition) is 4. The molecule has 4 N–H and O–H groups in total. The zero-order valence-corrected chi connectivity index (χ0v) is 11.9. The standard InChI is InChI=1S/C9H11IN2O8/c13-3-1-2-12(9(17)11-3)8-5(15)4(14)6(20-8)7(16)10(18)19/h1-2,4-8,14-16H,(H,11,13,17)/t4-,5+,6-,7?,8+/m0/s1. The molecule has 1 aromatic heterocycles. The predicted octanol–water partition coefficient (Wildman–Crippen LogP) is -2.33. The van der Waals surface area contributed by atoms with E-state index in [1.165, 1.54) is 0 Å². The number of alkyl halides is 1. The monoisotopic (exact) mass is 402 g/mol. The summed E-state index contributed by atoms with van der Waals surface area (Å²) in [6, 6.07) is 0.994. The van der Waals surface area contributed by atoms with Gasteiger partial charge in [-0.3, -0.25) is 14.3 Å². The number of aromatic nitrogens is 2. The van der Waals surface area contributed by atoms with Crippen LogP contribution in [0.4, 0.5) is 0 Å². The van der Waals surface area contributed by atoms with Gasteiger partial charge in [0.2, 0.25) is 0 Å². The van der Waals surface area contributed by atoms with E-state index in [2.05, 4.69) is 0 Å². The molecule has 0 saturated carbocycles. The summed E-state index contributed by atoms with van der Waals surface area (Å²) in [5.74, 6) is 0. The van der Waals surface area contributed by atoms with Crippen molar-refractivity contribution in [2.45, 2.75) is 28.7 Å². The highest BCUT2D eigenvalue weighted by Gasteiger charge is 2.48. The quantitative estimate of drug-likeness (QED) is 0.324. The maximum Gasteiger partial charge on any atom is 0.339 e. The molecule has 10 nitrogen and oxygen atoms in total. The Balaban J connectivity index is 2.35. The van der Waals surface area contributed by atoms with Crippen LogP contribution in [0.3, 0.4) is 0 Å². The van der Waals surface area contributed by atoms with Crippen molar-refractivity contribution in [2.75, 3.05) is 0 Å². The topological polar surface area (TPSA) is 159 Å². The van der Waals surface area contributed by atoms with Gasteiger partial charge < -0.3 is 20.1 Å². The number of nitrogens with zero attached hydrogens (tertiary/aromatic N) is 1. The maximum atomic E-state index is 11.5. The fourth-order valence-corrected chi connectivity index (χ4v) is 3.05. The normalized spacial score (nSPS) is 31.6. The third-order valence-electron chi connectivity index (χ3n) is 2.85. The van der Waals surface area contributed by atoms with Crippen LogP contribution in [0.2, 0.25) is 0 Å². The van der Waals surface area contributed by atoms with E-state index < -0.39 is 59.7 Å². The lowest BCUT2D eigenvalue weighted by Crippen LogP contribution is -2.38. The van der Waals surface area contributed by atoms with Gasteiger partial charge in [-0.2, -0.15) is 0 Å². The van der Waals surface area contributed by atoms with Crippen molar-refractivity contribution in [3.63, 3.8) is 0 Å². The van der Waals surface area contributed by atoms with Crippen molar-refractivity contribution in [3.05, 3.63) is 33.1 Å². The molecule has 20 heavy (non-hydrogen) atoms. The highest BCUT2D eigenvalue weighted by Crippen LogP contribution is 2.34. The molecule has 1 aromatic rings. The molecule has 2 rings (SSSR count). The summed E-state index contributed by atoms with van der Waals surface area (Å²) in [7, 11) is 0. The molecule has 0 spiro atoms. The summed E-state index contributed by atoms with van der Waals surface area (Å²) < 4.78 is 25.5. The molecule has 2 heterocycles. The predicted molar refractivity (Wildman–Crippen MR) is 68.6 cm³/mol. The van der Waals surface area contributed by atoms with Crippen molar-refractivity contribution >= 4 is 19.8 Å². The summed E-state index contributed by atoms with van der Waals surface area (Å²) in [5, 5.41) is 28.9. The Kier molecular flexibility index (Phi) is 4.33. The smallest absolute Gasteiger partial charge is 0.339 e. The lowest BCUT2D eigenvalue weighted by atomic mass is 10.1. The fraction of sp³-hybridized carbons (Fsp3) is 0.556. The van der Waals surface area contributed by atoms with Crippen LogP contribution >= 0.6 is 19.8 Å². The molecule has 11 heteroatoms. The Labute approximate surface area is 117 Å². The second kappa shape index (κ2) is 5.69. The molecule has 1 unspecified atom stereocenters. The first kappa shape index (κ1) is 15.2. The molecule has 1 aliphatic heterocycles. The van der Waals surface area contributed by atoms with Crippen LogP contribution in [-0.4, -0.2) is 47.3 Å². The van der Waals surface area contributed by atoms with Crippen molar-refractivity contribution in [3.8, 4) is 0 Å². The minimum atomic E-state index is -4.18. The molecule has 1 fully saturated rings. The van der Waals surface area contributed by atoms with Crippen LogP contribution in [0.25, 0.3) is 0 Å². The van der Waals surface area contributed by atoms with Gasteiger partial charge in [0.25, 0.3) is 5.56 Å². The van der Waals surface area contributed by atoms with Gasteiger partial charge in [0.15, 0.2) is 10.3 Å². The van der Waals surface area contributed by atoms with Gasteiger partial charge in [0.1, 0.15) is 18.3 Å². The molecule has 0 radical (unpaired) electrons. The van der Waals surface area contributed by atoms with Crippen LogP contribution in [0.1, 0.15) is 6.23 Å². The zero-order valence-electron chi connectivity index (χ0n) is 9.75. The lowest BCUT2D eigenvalue weighted by Gasteiger charge is -2.16. The molecule has 0 amide bonds. The third-order valence-corrected chi connectivity index (χ3v) is 4.61. The van der Waals surface area contributed by atoms with E-state index in [0.29, 0.717) is 0 Å². The van der Waals surface area contributed by atoms with E-state index in [9.17, 15) is 31.0 Å². The zero-order chi connectivity index (χ0) is 15.0. The van der Waals surface area contributed by atoms with Crippen LogP contribution in [-0.2, 0) is 10.9 Å². The number of aliphatic hydroxyl groups excluding tert-OH is 3. The first-order valence-electron chi connectivity index (χ1n) is 5.38. The highest BCUT2D eigenvalue weighted by atomic mass is 127. The molecule has 0 aliphatic carbocycles. The molecule has 1 saturated heterocycles. The maximum absolute atomic E-state index is 11.5. The van der Waals surface area contributed by atoms with E-state index in [1.54, 1.807) is 0 Å². The van der Waals surface area contributed by atoms with Gasteiger partial charge in [-0.15, -0.1) is 0 Å². The number of aromatic amines is 1. The molecule has 5 atom stereocenters. The van der Waals surface area contributed by atoms with Gasteiger partial charge in [-0.05, 0) is 0 Å². The van der Waals surface area contributed by atoms with Crippen LogP contribution in [0.15, 0.2) is 21.9 Å². The summed E-state index contributed by atoms with van der Waals surface area (Å²) in [6.45, 7) is 0. The summed E-state index contributed by atoms with van der Waals surface area (Å²) in [4.78, 5) is 24.4. The number of ether oxygens (including phenoxy) is 1. The molecule has 0 aromatic carbocycles. The molecule has 0 bridgehead atoms.